The molecule has 10 heteroatoms. The summed E-state index contributed by atoms with van der Waals surface area (Å²) in [6.45, 7) is -0.211. The molecule has 0 bridgehead atoms. The van der Waals surface area contributed by atoms with E-state index in [1.165, 1.54) is 35.6 Å². The molecule has 0 radical (unpaired) electrons. The van der Waals surface area contributed by atoms with Crippen molar-refractivity contribution in [3.8, 4) is 22.0 Å². The number of hydrogen-bond donors (Lipinski definition) is 0. The maximum atomic E-state index is 12.2. The average molecular weight is 408 g/mol. The number of thiazole rings is 1. The lowest BCUT2D eigenvalue weighted by Crippen LogP contribution is -2.05. The highest BCUT2D eigenvalue weighted by Crippen LogP contribution is 2.24. The van der Waals surface area contributed by atoms with E-state index in [2.05, 4.69) is 15.2 Å². The van der Waals surface area contributed by atoms with Gasteiger partial charge < -0.3 is 9.15 Å². The summed E-state index contributed by atoms with van der Waals surface area (Å²) in [6.07, 6.45) is 0. The molecular weight excluding hydrogens is 396 g/mol. The van der Waals surface area contributed by atoms with Crippen molar-refractivity contribution in [1.29, 1.82) is 0 Å². The smallest absolute Gasteiger partial charge is 0.358 e. The van der Waals surface area contributed by atoms with Crippen molar-refractivity contribution in [2.45, 2.75) is 6.61 Å². The molecule has 0 fully saturated rings. The lowest BCUT2D eigenvalue weighted by molar-refractivity contribution is -0.384. The fraction of sp³-hybridized carbons (Fsp3) is 0.0526. The third kappa shape index (κ3) is 4.17. The number of nitrogens with zero attached hydrogens (tertiary/aromatic N) is 4. The van der Waals surface area contributed by atoms with Crippen molar-refractivity contribution >= 4 is 23.0 Å². The van der Waals surface area contributed by atoms with Gasteiger partial charge in [-0.2, -0.15) is 0 Å². The topological polar surface area (TPSA) is 121 Å². The maximum absolute atomic E-state index is 12.2. The molecule has 0 aliphatic carbocycles. The maximum Gasteiger partial charge on any atom is 0.358 e. The summed E-state index contributed by atoms with van der Waals surface area (Å²) in [6, 6.07) is 15.2. The van der Waals surface area contributed by atoms with Gasteiger partial charge in [0.25, 0.3) is 11.6 Å². The Bertz CT molecular complexity index is 1150. The summed E-state index contributed by atoms with van der Waals surface area (Å²) >= 11 is 1.35. The number of hydrogen-bond acceptors (Lipinski definition) is 9. The number of ether oxygens (including phenoxy) is 1. The average Bonchev–Trinajstić information content (AvgIpc) is 3.43. The fourth-order valence-electron chi connectivity index (χ4n) is 2.44. The van der Waals surface area contributed by atoms with Crippen LogP contribution in [0.25, 0.3) is 22.0 Å². The van der Waals surface area contributed by atoms with Gasteiger partial charge in [-0.25, -0.2) is 9.78 Å². The van der Waals surface area contributed by atoms with E-state index in [0.717, 1.165) is 10.6 Å². The Morgan fingerprint density at radius 2 is 1.83 bits per heavy atom. The second-order valence-corrected chi connectivity index (χ2v) is 6.64. The van der Waals surface area contributed by atoms with Crippen LogP contribution in [0, 0.1) is 10.1 Å². The molecule has 0 saturated carbocycles. The number of nitro benzene ring substituents is 1. The number of non-ortho nitro benzene ring substituents is 1. The second kappa shape index (κ2) is 7.98. The monoisotopic (exact) mass is 408 g/mol. The van der Waals surface area contributed by atoms with Crippen LogP contribution in [0.2, 0.25) is 0 Å². The van der Waals surface area contributed by atoms with Gasteiger partial charge in [0.05, 0.1) is 4.92 Å². The number of nitro groups is 1. The Morgan fingerprint density at radius 3 is 2.55 bits per heavy atom. The molecule has 0 unspecified atom stereocenters. The number of aromatic nitrogens is 3. The molecule has 0 amide bonds. The molecule has 0 aliphatic heterocycles. The van der Waals surface area contributed by atoms with Crippen LogP contribution in [0.5, 0.6) is 0 Å². The molecule has 0 saturated heterocycles. The summed E-state index contributed by atoms with van der Waals surface area (Å²) in [4.78, 5) is 26.7. The van der Waals surface area contributed by atoms with E-state index < -0.39 is 10.9 Å². The van der Waals surface area contributed by atoms with Gasteiger partial charge in [-0.05, 0) is 12.1 Å². The first-order valence-electron chi connectivity index (χ1n) is 8.35. The SMILES string of the molecule is O=C(OCc1nnc(-c2ccc([N+](=O)[O-])cc2)o1)c1csc(-c2ccccc2)n1. The van der Waals surface area contributed by atoms with Gasteiger partial charge in [-0.3, -0.25) is 10.1 Å². The quantitative estimate of drug-likeness (QED) is 0.265. The number of carbonyl (C=O) groups is 1. The standard InChI is InChI=1S/C19H12N4O5S/c24-19(15-11-29-18(20-15)13-4-2-1-3-5-13)27-10-16-21-22-17(28-16)12-6-8-14(9-7-12)23(25)26/h1-9,11H,10H2. The third-order valence-electron chi connectivity index (χ3n) is 3.85. The van der Waals surface area contributed by atoms with Gasteiger partial charge in [-0.1, -0.05) is 30.3 Å². The Kier molecular flexibility index (Phi) is 5.08. The van der Waals surface area contributed by atoms with Crippen molar-refractivity contribution in [3.63, 3.8) is 0 Å². The first-order chi connectivity index (χ1) is 14.1. The van der Waals surface area contributed by atoms with Gasteiger partial charge in [0, 0.05) is 28.6 Å². The zero-order chi connectivity index (χ0) is 20.2. The van der Waals surface area contributed by atoms with Crippen LogP contribution in [0.1, 0.15) is 16.4 Å². The molecule has 0 spiro atoms. The van der Waals surface area contributed by atoms with Crippen molar-refractivity contribution in [2.75, 3.05) is 0 Å². The zero-order valence-electron chi connectivity index (χ0n) is 14.7. The lowest BCUT2D eigenvalue weighted by Gasteiger charge is -1.99. The highest BCUT2D eigenvalue weighted by molar-refractivity contribution is 7.13. The van der Waals surface area contributed by atoms with Crippen LogP contribution < -0.4 is 0 Å². The second-order valence-electron chi connectivity index (χ2n) is 5.78. The normalized spacial score (nSPS) is 10.6. The molecule has 2 aromatic heterocycles. The minimum Gasteiger partial charge on any atom is -0.451 e. The van der Waals surface area contributed by atoms with Crippen molar-refractivity contribution in [3.05, 3.63) is 81.7 Å². The third-order valence-corrected chi connectivity index (χ3v) is 4.74. The van der Waals surface area contributed by atoms with E-state index in [4.69, 9.17) is 9.15 Å². The molecule has 9 nitrogen and oxygen atoms in total. The van der Waals surface area contributed by atoms with Crippen molar-refractivity contribution in [1.82, 2.24) is 15.2 Å². The van der Waals surface area contributed by atoms with E-state index in [0.29, 0.717) is 5.56 Å². The van der Waals surface area contributed by atoms with Crippen LogP contribution in [0.4, 0.5) is 5.69 Å². The number of rotatable bonds is 6. The fourth-order valence-corrected chi connectivity index (χ4v) is 3.23. The number of benzene rings is 2. The van der Waals surface area contributed by atoms with Gasteiger partial charge in [0.15, 0.2) is 12.3 Å². The van der Waals surface area contributed by atoms with E-state index in [9.17, 15) is 14.9 Å². The molecule has 2 heterocycles. The summed E-state index contributed by atoms with van der Waals surface area (Å²) in [5.74, 6) is -0.324. The predicted octanol–water partition coefficient (Wildman–Crippen LogP) is 4.13. The summed E-state index contributed by atoms with van der Waals surface area (Å²) in [5, 5.41) is 20.7. The number of esters is 1. The molecular formula is C19H12N4O5S. The minimum absolute atomic E-state index is 0.0412. The molecule has 144 valence electrons. The number of carbonyl (C=O) groups excluding carboxylic acids is 1. The Labute approximate surface area is 167 Å². The first kappa shape index (κ1) is 18.4. The van der Waals surface area contributed by atoms with E-state index in [1.807, 2.05) is 30.3 Å². The van der Waals surface area contributed by atoms with Crippen molar-refractivity contribution < 1.29 is 18.9 Å². The molecule has 0 N–H and O–H groups in total. The molecule has 0 atom stereocenters. The summed E-state index contributed by atoms with van der Waals surface area (Å²) in [7, 11) is 0. The highest BCUT2D eigenvalue weighted by Gasteiger charge is 2.16. The van der Waals surface area contributed by atoms with Crippen LogP contribution in [0.3, 0.4) is 0 Å². The lowest BCUT2D eigenvalue weighted by atomic mass is 10.2. The molecule has 4 rings (SSSR count). The Hall–Kier alpha value is -3.92. The molecule has 2 aromatic carbocycles. The van der Waals surface area contributed by atoms with E-state index in [1.54, 1.807) is 5.38 Å². The Morgan fingerprint density at radius 1 is 1.07 bits per heavy atom. The van der Waals surface area contributed by atoms with Gasteiger partial charge in [0.2, 0.25) is 5.89 Å². The van der Waals surface area contributed by atoms with E-state index in [-0.39, 0.29) is 29.8 Å². The highest BCUT2D eigenvalue weighted by atomic mass is 32.1. The van der Waals surface area contributed by atoms with Gasteiger partial charge >= 0.3 is 5.97 Å². The zero-order valence-corrected chi connectivity index (χ0v) is 15.5. The van der Waals surface area contributed by atoms with Crippen molar-refractivity contribution in [2.24, 2.45) is 0 Å². The van der Waals surface area contributed by atoms with Crippen LogP contribution in [-0.2, 0) is 11.3 Å². The molecule has 4 aromatic rings. The molecule has 0 aliphatic rings. The van der Waals surface area contributed by atoms with E-state index >= 15 is 0 Å². The predicted molar refractivity (Wildman–Crippen MR) is 103 cm³/mol. The first-order valence-corrected chi connectivity index (χ1v) is 9.23. The Balaban J connectivity index is 1.39. The van der Waals surface area contributed by atoms with Gasteiger partial charge in [0.1, 0.15) is 5.01 Å². The summed E-state index contributed by atoms with van der Waals surface area (Å²) in [5.41, 5.74) is 1.60. The van der Waals surface area contributed by atoms with Gasteiger partial charge in [-0.15, -0.1) is 21.5 Å². The van der Waals surface area contributed by atoms with Crippen LogP contribution >= 0.6 is 11.3 Å². The summed E-state index contributed by atoms with van der Waals surface area (Å²) < 4.78 is 10.6. The molecule has 29 heavy (non-hydrogen) atoms. The van der Waals surface area contributed by atoms with Crippen LogP contribution in [-0.4, -0.2) is 26.1 Å². The minimum atomic E-state index is -0.599. The van der Waals surface area contributed by atoms with Crippen LogP contribution in [0.15, 0.2) is 64.4 Å². The largest absolute Gasteiger partial charge is 0.451 e.